The third kappa shape index (κ3) is 3.45. The molecule has 1 aromatic carbocycles. The van der Waals surface area contributed by atoms with Crippen LogP contribution in [0.2, 0.25) is 23.2 Å². The summed E-state index contributed by atoms with van der Waals surface area (Å²) in [6, 6.07) is 3.16. The fourth-order valence-corrected chi connectivity index (χ4v) is 2.81. The molecular formula is C12H17BrClFOSi. The van der Waals surface area contributed by atoms with Crippen LogP contribution in [0, 0.1) is 5.82 Å². The quantitative estimate of drug-likeness (QED) is 0.501. The molecule has 0 aliphatic heterocycles. The van der Waals surface area contributed by atoms with Crippen molar-refractivity contribution in [2.24, 2.45) is 0 Å². The van der Waals surface area contributed by atoms with Crippen molar-refractivity contribution in [2.45, 2.75) is 38.9 Å². The van der Waals surface area contributed by atoms with Gasteiger partial charge >= 0.3 is 0 Å². The monoisotopic (exact) mass is 338 g/mol. The predicted molar refractivity (Wildman–Crippen MR) is 76.9 cm³/mol. The van der Waals surface area contributed by atoms with E-state index in [1.54, 1.807) is 6.07 Å². The van der Waals surface area contributed by atoms with Crippen molar-refractivity contribution in [3.63, 3.8) is 0 Å². The number of hydrogen-bond donors (Lipinski definition) is 0. The van der Waals surface area contributed by atoms with Gasteiger partial charge in [-0.05, 0) is 40.1 Å². The first-order valence-electron chi connectivity index (χ1n) is 5.38. The largest absolute Gasteiger partial charge is 0.543 e. The maximum absolute atomic E-state index is 13.4. The van der Waals surface area contributed by atoms with Crippen molar-refractivity contribution >= 4 is 35.8 Å². The molecule has 0 amide bonds. The van der Waals surface area contributed by atoms with Crippen molar-refractivity contribution in [2.75, 3.05) is 0 Å². The Kier molecular flexibility index (Phi) is 4.32. The van der Waals surface area contributed by atoms with Crippen LogP contribution in [-0.2, 0) is 0 Å². The van der Waals surface area contributed by atoms with Gasteiger partial charge in [0.05, 0.1) is 9.50 Å². The number of hydrogen-bond acceptors (Lipinski definition) is 1. The zero-order valence-corrected chi connectivity index (χ0v) is 14.0. The van der Waals surface area contributed by atoms with E-state index in [4.69, 9.17) is 16.0 Å². The predicted octanol–water partition coefficient (Wildman–Crippen LogP) is 5.63. The molecule has 1 aromatic rings. The highest BCUT2D eigenvalue weighted by molar-refractivity contribution is 9.10. The summed E-state index contributed by atoms with van der Waals surface area (Å²) < 4.78 is 19.7. The Morgan fingerprint density at radius 1 is 1.29 bits per heavy atom. The summed E-state index contributed by atoms with van der Waals surface area (Å²) in [5.74, 6) is 0.170. The zero-order valence-electron chi connectivity index (χ0n) is 10.7. The van der Waals surface area contributed by atoms with Crippen LogP contribution in [0.25, 0.3) is 0 Å². The zero-order chi connectivity index (χ0) is 13.4. The lowest BCUT2D eigenvalue weighted by Crippen LogP contribution is -2.43. The molecule has 0 bridgehead atoms. The summed E-state index contributed by atoms with van der Waals surface area (Å²) in [6.07, 6.45) is 0. The average molecular weight is 340 g/mol. The second kappa shape index (κ2) is 4.90. The summed E-state index contributed by atoms with van der Waals surface area (Å²) in [4.78, 5) is 0. The molecular weight excluding hydrogens is 323 g/mol. The third-order valence-electron chi connectivity index (χ3n) is 3.14. The lowest BCUT2D eigenvalue weighted by Gasteiger charge is -2.36. The van der Waals surface area contributed by atoms with E-state index in [9.17, 15) is 4.39 Å². The standard InChI is InChI=1S/C12H17BrClFOSi/c1-12(2,3)17(4,5)16-8-6-9(13)11(15)10(14)7-8/h6-7H,1-5H3. The van der Waals surface area contributed by atoms with Crippen LogP contribution in [0.1, 0.15) is 20.8 Å². The van der Waals surface area contributed by atoms with Crippen LogP contribution in [0.4, 0.5) is 4.39 Å². The Balaban J connectivity index is 3.05. The van der Waals surface area contributed by atoms with Crippen LogP contribution < -0.4 is 4.43 Å². The Morgan fingerprint density at radius 2 is 1.82 bits per heavy atom. The lowest BCUT2D eigenvalue weighted by atomic mass is 10.2. The van der Waals surface area contributed by atoms with Gasteiger partial charge in [-0.25, -0.2) is 4.39 Å². The number of rotatable bonds is 2. The topological polar surface area (TPSA) is 9.23 Å². The van der Waals surface area contributed by atoms with Crippen molar-refractivity contribution < 1.29 is 8.82 Å². The first-order chi connectivity index (χ1) is 7.54. The molecule has 5 heteroatoms. The smallest absolute Gasteiger partial charge is 0.250 e. The number of benzene rings is 1. The third-order valence-corrected chi connectivity index (χ3v) is 8.35. The molecule has 0 unspecified atom stereocenters. The van der Waals surface area contributed by atoms with Crippen molar-refractivity contribution in [3.05, 3.63) is 27.4 Å². The molecule has 0 atom stereocenters. The van der Waals surface area contributed by atoms with Crippen LogP contribution in [-0.4, -0.2) is 8.32 Å². The Hall–Kier alpha value is -0.0631. The molecule has 1 nitrogen and oxygen atoms in total. The van der Waals surface area contributed by atoms with Gasteiger partial charge in [0, 0.05) is 6.07 Å². The average Bonchev–Trinajstić information content (AvgIpc) is 2.11. The van der Waals surface area contributed by atoms with Gasteiger partial charge in [0.15, 0.2) is 5.82 Å². The molecule has 0 aromatic heterocycles. The van der Waals surface area contributed by atoms with Gasteiger partial charge in [-0.15, -0.1) is 0 Å². The van der Waals surface area contributed by atoms with E-state index in [-0.39, 0.29) is 10.1 Å². The maximum Gasteiger partial charge on any atom is 0.250 e. The summed E-state index contributed by atoms with van der Waals surface area (Å²) in [7, 11) is -1.91. The SMILES string of the molecule is CC(C)(C)[Si](C)(C)Oc1cc(Cl)c(F)c(Br)c1. The van der Waals surface area contributed by atoms with Crippen LogP contribution in [0.5, 0.6) is 5.75 Å². The molecule has 0 aliphatic carbocycles. The van der Waals surface area contributed by atoms with E-state index in [0.29, 0.717) is 10.2 Å². The first-order valence-corrected chi connectivity index (χ1v) is 9.46. The molecule has 0 aliphatic rings. The Labute approximate surface area is 117 Å². The van der Waals surface area contributed by atoms with Gasteiger partial charge in [0.25, 0.3) is 0 Å². The molecule has 0 radical (unpaired) electrons. The lowest BCUT2D eigenvalue weighted by molar-refractivity contribution is 0.490. The van der Waals surface area contributed by atoms with Gasteiger partial charge in [-0.1, -0.05) is 32.4 Å². The highest BCUT2D eigenvalue weighted by atomic mass is 79.9. The molecule has 17 heavy (non-hydrogen) atoms. The molecule has 0 N–H and O–H groups in total. The minimum atomic E-state index is -1.91. The van der Waals surface area contributed by atoms with Gasteiger partial charge in [-0.2, -0.15) is 0 Å². The maximum atomic E-state index is 13.4. The number of halogens is 3. The van der Waals surface area contributed by atoms with Crippen LogP contribution in [0.3, 0.4) is 0 Å². The summed E-state index contributed by atoms with van der Waals surface area (Å²) in [5, 5.41) is 0.174. The van der Waals surface area contributed by atoms with E-state index in [1.807, 2.05) is 0 Å². The summed E-state index contributed by atoms with van der Waals surface area (Å²) >= 11 is 8.92. The fraction of sp³-hybridized carbons (Fsp3) is 0.500. The molecule has 1 rings (SSSR count). The fourth-order valence-electron chi connectivity index (χ4n) is 1.04. The highest BCUT2D eigenvalue weighted by Gasteiger charge is 2.39. The molecule has 0 saturated heterocycles. The van der Waals surface area contributed by atoms with Crippen molar-refractivity contribution in [3.8, 4) is 5.75 Å². The summed E-state index contributed by atoms with van der Waals surface area (Å²) in [5.41, 5.74) is 0. The van der Waals surface area contributed by atoms with Gasteiger partial charge in [-0.3, -0.25) is 0 Å². The van der Waals surface area contributed by atoms with Crippen molar-refractivity contribution in [1.29, 1.82) is 0 Å². The van der Waals surface area contributed by atoms with Crippen LogP contribution >= 0.6 is 27.5 Å². The Bertz CT molecular complexity index is 406. The van der Waals surface area contributed by atoms with Gasteiger partial charge < -0.3 is 4.43 Å². The second-order valence-electron chi connectivity index (χ2n) is 5.56. The van der Waals surface area contributed by atoms with Gasteiger partial charge in [0.2, 0.25) is 8.32 Å². The van der Waals surface area contributed by atoms with E-state index in [1.165, 1.54) is 6.07 Å². The van der Waals surface area contributed by atoms with E-state index < -0.39 is 14.1 Å². The summed E-state index contributed by atoms with van der Waals surface area (Å²) in [6.45, 7) is 10.7. The molecule has 0 spiro atoms. The highest BCUT2D eigenvalue weighted by Crippen LogP contribution is 2.39. The van der Waals surface area contributed by atoms with E-state index in [0.717, 1.165) is 0 Å². The van der Waals surface area contributed by atoms with E-state index in [2.05, 4.69) is 49.8 Å². The second-order valence-corrected chi connectivity index (χ2v) is 11.5. The molecule has 0 fully saturated rings. The first kappa shape index (κ1) is 15.0. The molecule has 0 saturated carbocycles. The van der Waals surface area contributed by atoms with Gasteiger partial charge in [0.1, 0.15) is 5.75 Å². The normalized spacial score (nSPS) is 12.7. The minimum absolute atomic E-state index is 0.0769. The molecule has 96 valence electrons. The molecule has 0 heterocycles. The minimum Gasteiger partial charge on any atom is -0.543 e. The van der Waals surface area contributed by atoms with E-state index >= 15 is 0 Å². The van der Waals surface area contributed by atoms with Crippen molar-refractivity contribution in [1.82, 2.24) is 0 Å². The Morgan fingerprint density at radius 3 is 2.24 bits per heavy atom. The van der Waals surface area contributed by atoms with Crippen LogP contribution in [0.15, 0.2) is 16.6 Å².